The highest BCUT2D eigenvalue weighted by atomic mass is 35.5. The van der Waals surface area contributed by atoms with Gasteiger partial charge in [-0.25, -0.2) is 0 Å². The van der Waals surface area contributed by atoms with Crippen LogP contribution in [0.3, 0.4) is 0 Å². The van der Waals surface area contributed by atoms with Crippen molar-refractivity contribution in [2.45, 2.75) is 19.8 Å². The lowest BCUT2D eigenvalue weighted by molar-refractivity contribution is -0.115. The number of carbonyl (C=O) groups excluding carboxylic acids is 1. The summed E-state index contributed by atoms with van der Waals surface area (Å²) in [5.41, 5.74) is 7.54. The van der Waals surface area contributed by atoms with Gasteiger partial charge in [-0.2, -0.15) is 0 Å². The Bertz CT molecular complexity index is 603. The average Bonchev–Trinajstić information content (AvgIpc) is 2.48. The number of nitrogens with zero attached hydrogens (tertiary/aromatic N) is 1. The minimum atomic E-state index is -0.125. The fraction of sp³-hybridized carbons (Fsp3) is 0.250. The lowest BCUT2D eigenvalue weighted by Crippen LogP contribution is -2.15. The third kappa shape index (κ3) is 5.61. The molecule has 0 aliphatic heterocycles. The highest BCUT2D eigenvalue weighted by molar-refractivity contribution is 5.92. The second kappa shape index (κ2) is 8.89. The van der Waals surface area contributed by atoms with E-state index in [1.807, 2.05) is 31.2 Å². The molecular formula is C16H20ClN3O2. The van der Waals surface area contributed by atoms with Crippen LogP contribution < -0.4 is 15.8 Å². The van der Waals surface area contributed by atoms with Crippen LogP contribution in [0.4, 0.5) is 11.4 Å². The van der Waals surface area contributed by atoms with E-state index in [9.17, 15) is 4.79 Å². The lowest BCUT2D eigenvalue weighted by Gasteiger charge is -2.08. The maximum Gasteiger partial charge on any atom is 0.230 e. The zero-order valence-corrected chi connectivity index (χ0v) is 13.2. The molecule has 2 aromatic rings. The predicted octanol–water partition coefficient (Wildman–Crippen LogP) is 3.06. The summed E-state index contributed by atoms with van der Waals surface area (Å²) in [6, 6.07) is 10.8. The van der Waals surface area contributed by atoms with Gasteiger partial charge in [-0.1, -0.05) is 13.0 Å². The molecule has 2 rings (SSSR count). The van der Waals surface area contributed by atoms with E-state index in [1.54, 1.807) is 18.3 Å². The topological polar surface area (TPSA) is 77.2 Å². The number of hydrogen-bond acceptors (Lipinski definition) is 4. The molecule has 3 N–H and O–H groups in total. The maximum atomic E-state index is 12.0. The van der Waals surface area contributed by atoms with E-state index in [1.165, 1.54) is 0 Å². The van der Waals surface area contributed by atoms with Gasteiger partial charge in [0.05, 0.1) is 24.9 Å². The number of halogens is 1. The first kappa shape index (κ1) is 17.8. The van der Waals surface area contributed by atoms with E-state index in [0.29, 0.717) is 23.7 Å². The van der Waals surface area contributed by atoms with E-state index in [4.69, 9.17) is 10.5 Å². The van der Waals surface area contributed by atoms with Crippen LogP contribution in [0, 0.1) is 0 Å². The second-order valence-electron chi connectivity index (χ2n) is 4.68. The Morgan fingerprint density at radius 2 is 2.14 bits per heavy atom. The third-order valence-electron chi connectivity index (χ3n) is 2.78. The van der Waals surface area contributed by atoms with Crippen molar-refractivity contribution in [1.29, 1.82) is 0 Å². The number of nitrogens with two attached hydrogens (primary N) is 1. The van der Waals surface area contributed by atoms with Crippen LogP contribution in [-0.2, 0) is 11.2 Å². The van der Waals surface area contributed by atoms with Gasteiger partial charge in [-0.3, -0.25) is 9.78 Å². The first-order valence-electron chi connectivity index (χ1n) is 6.90. The van der Waals surface area contributed by atoms with Crippen molar-refractivity contribution in [2.75, 3.05) is 17.7 Å². The molecule has 0 bridgehead atoms. The van der Waals surface area contributed by atoms with Crippen molar-refractivity contribution in [1.82, 2.24) is 4.98 Å². The Morgan fingerprint density at radius 3 is 2.82 bits per heavy atom. The Hall–Kier alpha value is -2.27. The van der Waals surface area contributed by atoms with Crippen molar-refractivity contribution >= 4 is 29.7 Å². The van der Waals surface area contributed by atoms with Gasteiger partial charge in [-0.15, -0.1) is 12.4 Å². The maximum absolute atomic E-state index is 12.0. The van der Waals surface area contributed by atoms with Crippen LogP contribution >= 0.6 is 12.4 Å². The molecule has 0 spiro atoms. The number of benzene rings is 1. The lowest BCUT2D eigenvalue weighted by atomic mass is 10.2. The van der Waals surface area contributed by atoms with Crippen molar-refractivity contribution in [3.05, 3.63) is 48.3 Å². The number of anilines is 2. The average molecular weight is 322 g/mol. The number of hydrogen-bond donors (Lipinski definition) is 2. The zero-order valence-electron chi connectivity index (χ0n) is 12.4. The van der Waals surface area contributed by atoms with Crippen LogP contribution in [0.25, 0.3) is 0 Å². The van der Waals surface area contributed by atoms with E-state index in [-0.39, 0.29) is 24.7 Å². The van der Waals surface area contributed by atoms with Crippen LogP contribution in [-0.4, -0.2) is 17.5 Å². The minimum Gasteiger partial charge on any atom is -0.494 e. The molecule has 5 nitrogen and oxygen atoms in total. The fourth-order valence-electron chi connectivity index (χ4n) is 1.79. The van der Waals surface area contributed by atoms with Crippen molar-refractivity contribution < 1.29 is 9.53 Å². The predicted molar refractivity (Wildman–Crippen MR) is 90.5 cm³/mol. The summed E-state index contributed by atoms with van der Waals surface area (Å²) in [7, 11) is 0. The molecule has 0 unspecified atom stereocenters. The van der Waals surface area contributed by atoms with Gasteiger partial charge in [-0.05, 0) is 30.7 Å². The van der Waals surface area contributed by atoms with Gasteiger partial charge in [0, 0.05) is 17.4 Å². The number of nitrogens with one attached hydrogen (secondary N) is 1. The van der Waals surface area contributed by atoms with Crippen LogP contribution in [0.5, 0.6) is 5.75 Å². The smallest absolute Gasteiger partial charge is 0.230 e. The molecule has 1 amide bonds. The van der Waals surface area contributed by atoms with E-state index in [0.717, 1.165) is 12.2 Å². The van der Waals surface area contributed by atoms with Gasteiger partial charge in [0.1, 0.15) is 5.75 Å². The van der Waals surface area contributed by atoms with Crippen LogP contribution in [0.2, 0.25) is 0 Å². The SMILES string of the molecule is CCCOc1cccc(NC(=O)Cc2ccc(N)cn2)c1.Cl. The Kier molecular flexibility index (Phi) is 7.19. The van der Waals surface area contributed by atoms with Gasteiger partial charge in [0.15, 0.2) is 0 Å². The van der Waals surface area contributed by atoms with Crippen LogP contribution in [0.15, 0.2) is 42.6 Å². The number of nitrogen functional groups attached to an aromatic ring is 1. The molecule has 0 radical (unpaired) electrons. The molecule has 0 aliphatic rings. The standard InChI is InChI=1S/C16H19N3O2.ClH/c1-2-8-21-15-5-3-4-14(9-15)19-16(20)10-13-7-6-12(17)11-18-13;/h3-7,9,11H,2,8,10,17H2,1H3,(H,19,20);1H. The molecule has 1 aromatic heterocycles. The molecule has 22 heavy (non-hydrogen) atoms. The summed E-state index contributed by atoms with van der Waals surface area (Å²) in [5, 5.41) is 2.83. The molecule has 1 heterocycles. The molecule has 0 fully saturated rings. The van der Waals surface area contributed by atoms with Gasteiger partial charge in [0.25, 0.3) is 0 Å². The zero-order chi connectivity index (χ0) is 15.1. The monoisotopic (exact) mass is 321 g/mol. The Balaban J connectivity index is 0.00000242. The summed E-state index contributed by atoms with van der Waals surface area (Å²) in [5.74, 6) is 0.625. The Labute approximate surface area is 136 Å². The highest BCUT2D eigenvalue weighted by Gasteiger charge is 2.06. The summed E-state index contributed by atoms with van der Waals surface area (Å²) in [4.78, 5) is 16.1. The largest absolute Gasteiger partial charge is 0.494 e. The highest BCUT2D eigenvalue weighted by Crippen LogP contribution is 2.17. The number of carbonyl (C=O) groups is 1. The number of ether oxygens (including phenoxy) is 1. The molecule has 0 aliphatic carbocycles. The third-order valence-corrected chi connectivity index (χ3v) is 2.78. The fourth-order valence-corrected chi connectivity index (χ4v) is 1.79. The van der Waals surface area contributed by atoms with E-state index < -0.39 is 0 Å². The van der Waals surface area contributed by atoms with Gasteiger partial charge >= 0.3 is 0 Å². The normalized spacial score (nSPS) is 9.68. The molecule has 0 atom stereocenters. The second-order valence-corrected chi connectivity index (χ2v) is 4.68. The van der Waals surface area contributed by atoms with Crippen LogP contribution in [0.1, 0.15) is 19.0 Å². The van der Waals surface area contributed by atoms with Gasteiger partial charge in [0.2, 0.25) is 5.91 Å². The molecule has 0 saturated carbocycles. The van der Waals surface area contributed by atoms with E-state index in [2.05, 4.69) is 10.3 Å². The first-order chi connectivity index (χ1) is 10.2. The van der Waals surface area contributed by atoms with Crippen molar-refractivity contribution in [2.24, 2.45) is 0 Å². The summed E-state index contributed by atoms with van der Waals surface area (Å²) in [6.07, 6.45) is 2.70. The first-order valence-corrected chi connectivity index (χ1v) is 6.90. The number of amides is 1. The molecule has 0 saturated heterocycles. The number of rotatable bonds is 6. The number of pyridine rings is 1. The molecular weight excluding hydrogens is 302 g/mol. The summed E-state index contributed by atoms with van der Waals surface area (Å²) in [6.45, 7) is 2.71. The molecule has 6 heteroatoms. The van der Waals surface area contributed by atoms with Gasteiger partial charge < -0.3 is 15.8 Å². The quantitative estimate of drug-likeness (QED) is 0.857. The molecule has 118 valence electrons. The Morgan fingerprint density at radius 1 is 1.32 bits per heavy atom. The summed E-state index contributed by atoms with van der Waals surface area (Å²) < 4.78 is 5.53. The summed E-state index contributed by atoms with van der Waals surface area (Å²) >= 11 is 0. The van der Waals surface area contributed by atoms with Crippen molar-refractivity contribution in [3.63, 3.8) is 0 Å². The minimum absolute atomic E-state index is 0. The number of aromatic nitrogens is 1. The molecule has 1 aromatic carbocycles. The van der Waals surface area contributed by atoms with E-state index >= 15 is 0 Å². The van der Waals surface area contributed by atoms with Crippen molar-refractivity contribution in [3.8, 4) is 5.75 Å².